The molecule has 15 heavy (non-hydrogen) atoms. The van der Waals surface area contributed by atoms with Gasteiger partial charge in [0, 0.05) is 6.54 Å². The molecule has 0 aliphatic carbocycles. The second-order valence-corrected chi connectivity index (χ2v) is 3.12. The largest absolute Gasteiger partial charge is 0.493 e. The van der Waals surface area contributed by atoms with Crippen LogP contribution in [0.15, 0.2) is 30.9 Å². The van der Waals surface area contributed by atoms with Crippen molar-refractivity contribution in [1.82, 2.24) is 0 Å². The Morgan fingerprint density at radius 3 is 2.80 bits per heavy atom. The molecule has 82 valence electrons. The SMILES string of the molecule is C=CCc1ccc(OCCN)c(OC)c1. The zero-order chi connectivity index (χ0) is 11.1. The lowest BCUT2D eigenvalue weighted by Crippen LogP contribution is -2.11. The minimum atomic E-state index is 0.497. The van der Waals surface area contributed by atoms with Crippen molar-refractivity contribution < 1.29 is 9.47 Å². The van der Waals surface area contributed by atoms with E-state index in [0.717, 1.165) is 23.5 Å². The van der Waals surface area contributed by atoms with Crippen molar-refractivity contribution in [3.05, 3.63) is 36.4 Å². The normalized spacial score (nSPS) is 9.73. The number of allylic oxidation sites excluding steroid dienone is 1. The lowest BCUT2D eigenvalue weighted by molar-refractivity contribution is 0.302. The maximum absolute atomic E-state index is 5.43. The molecule has 0 aliphatic heterocycles. The second kappa shape index (κ2) is 6.09. The Labute approximate surface area is 90.5 Å². The van der Waals surface area contributed by atoms with Crippen molar-refractivity contribution >= 4 is 0 Å². The van der Waals surface area contributed by atoms with Gasteiger partial charge in [-0.3, -0.25) is 0 Å². The Kier molecular flexibility index (Phi) is 4.71. The molecule has 1 aromatic rings. The second-order valence-electron chi connectivity index (χ2n) is 3.12. The van der Waals surface area contributed by atoms with Gasteiger partial charge in [-0.05, 0) is 24.1 Å². The molecule has 0 saturated carbocycles. The molecule has 0 aromatic heterocycles. The van der Waals surface area contributed by atoms with E-state index in [1.807, 2.05) is 24.3 Å². The molecule has 0 fully saturated rings. The Morgan fingerprint density at radius 2 is 2.20 bits per heavy atom. The lowest BCUT2D eigenvalue weighted by Gasteiger charge is -2.10. The van der Waals surface area contributed by atoms with E-state index in [-0.39, 0.29) is 0 Å². The van der Waals surface area contributed by atoms with Crippen LogP contribution in [0.25, 0.3) is 0 Å². The molecular weight excluding hydrogens is 190 g/mol. The van der Waals surface area contributed by atoms with Crippen LogP contribution in [0.1, 0.15) is 5.56 Å². The summed E-state index contributed by atoms with van der Waals surface area (Å²) in [6.07, 6.45) is 2.68. The van der Waals surface area contributed by atoms with Gasteiger partial charge in [0.2, 0.25) is 0 Å². The Hall–Kier alpha value is -1.48. The number of ether oxygens (including phenoxy) is 2. The van der Waals surface area contributed by atoms with Crippen molar-refractivity contribution in [1.29, 1.82) is 0 Å². The fourth-order valence-electron chi connectivity index (χ4n) is 1.29. The van der Waals surface area contributed by atoms with E-state index < -0.39 is 0 Å². The van der Waals surface area contributed by atoms with Crippen LogP contribution in [0, 0.1) is 0 Å². The third-order valence-electron chi connectivity index (χ3n) is 1.98. The molecule has 1 aromatic carbocycles. The minimum absolute atomic E-state index is 0.497. The molecule has 3 nitrogen and oxygen atoms in total. The number of nitrogens with two attached hydrogens (primary N) is 1. The van der Waals surface area contributed by atoms with Crippen LogP contribution < -0.4 is 15.2 Å². The van der Waals surface area contributed by atoms with Gasteiger partial charge in [-0.25, -0.2) is 0 Å². The highest BCUT2D eigenvalue weighted by Crippen LogP contribution is 2.28. The standard InChI is InChI=1S/C12H17NO2/c1-3-4-10-5-6-11(15-8-7-13)12(9-10)14-2/h3,5-6,9H,1,4,7-8,13H2,2H3. The van der Waals surface area contributed by atoms with E-state index in [0.29, 0.717) is 13.2 Å². The lowest BCUT2D eigenvalue weighted by atomic mass is 10.1. The number of benzene rings is 1. The first-order valence-corrected chi connectivity index (χ1v) is 4.92. The van der Waals surface area contributed by atoms with Crippen molar-refractivity contribution in [3.8, 4) is 11.5 Å². The molecular formula is C12H17NO2. The summed E-state index contributed by atoms with van der Waals surface area (Å²) in [6, 6.07) is 5.84. The highest BCUT2D eigenvalue weighted by atomic mass is 16.5. The van der Waals surface area contributed by atoms with Gasteiger partial charge in [-0.2, -0.15) is 0 Å². The van der Waals surface area contributed by atoms with Crippen LogP contribution in [0.3, 0.4) is 0 Å². The monoisotopic (exact) mass is 207 g/mol. The quantitative estimate of drug-likeness (QED) is 0.723. The fourth-order valence-corrected chi connectivity index (χ4v) is 1.29. The molecule has 0 atom stereocenters. The minimum Gasteiger partial charge on any atom is -0.493 e. The maximum atomic E-state index is 5.43. The molecule has 0 aliphatic rings. The molecule has 1 rings (SSSR count). The van der Waals surface area contributed by atoms with Crippen LogP contribution in [0.2, 0.25) is 0 Å². The summed E-state index contributed by atoms with van der Waals surface area (Å²) in [6.45, 7) is 4.69. The van der Waals surface area contributed by atoms with Crippen LogP contribution in [-0.2, 0) is 6.42 Å². The van der Waals surface area contributed by atoms with Crippen LogP contribution >= 0.6 is 0 Å². The van der Waals surface area contributed by atoms with Gasteiger partial charge in [0.1, 0.15) is 6.61 Å². The summed E-state index contributed by atoms with van der Waals surface area (Å²) in [5.41, 5.74) is 6.52. The topological polar surface area (TPSA) is 44.5 Å². The van der Waals surface area contributed by atoms with Crippen LogP contribution in [0.4, 0.5) is 0 Å². The highest BCUT2D eigenvalue weighted by Gasteiger charge is 2.04. The smallest absolute Gasteiger partial charge is 0.161 e. The third-order valence-corrected chi connectivity index (χ3v) is 1.98. The van der Waals surface area contributed by atoms with E-state index in [2.05, 4.69) is 6.58 Å². The van der Waals surface area contributed by atoms with Gasteiger partial charge >= 0.3 is 0 Å². The summed E-state index contributed by atoms with van der Waals surface area (Å²) in [5.74, 6) is 1.47. The number of hydrogen-bond donors (Lipinski definition) is 1. The molecule has 0 unspecified atom stereocenters. The van der Waals surface area contributed by atoms with Crippen molar-refractivity contribution in [2.24, 2.45) is 5.73 Å². The van der Waals surface area contributed by atoms with Crippen LogP contribution in [0.5, 0.6) is 11.5 Å². The molecule has 0 bridgehead atoms. The van der Waals surface area contributed by atoms with E-state index in [4.69, 9.17) is 15.2 Å². The molecule has 0 radical (unpaired) electrons. The summed E-state index contributed by atoms with van der Waals surface area (Å²) >= 11 is 0. The first kappa shape index (κ1) is 11.6. The zero-order valence-electron chi connectivity index (χ0n) is 9.03. The fraction of sp³-hybridized carbons (Fsp3) is 0.333. The van der Waals surface area contributed by atoms with Gasteiger partial charge in [-0.1, -0.05) is 12.1 Å². The van der Waals surface area contributed by atoms with Gasteiger partial charge in [-0.15, -0.1) is 6.58 Å². The first-order chi connectivity index (χ1) is 7.31. The Morgan fingerprint density at radius 1 is 1.40 bits per heavy atom. The summed E-state index contributed by atoms with van der Waals surface area (Å²) in [5, 5.41) is 0. The van der Waals surface area contributed by atoms with Gasteiger partial charge in [0.15, 0.2) is 11.5 Å². The first-order valence-electron chi connectivity index (χ1n) is 4.92. The Balaban J connectivity index is 2.82. The highest BCUT2D eigenvalue weighted by molar-refractivity contribution is 5.43. The van der Waals surface area contributed by atoms with Gasteiger partial charge in [0.05, 0.1) is 7.11 Å². The van der Waals surface area contributed by atoms with E-state index in [1.165, 1.54) is 0 Å². The summed E-state index contributed by atoms with van der Waals surface area (Å²) in [4.78, 5) is 0. The molecule has 2 N–H and O–H groups in total. The van der Waals surface area contributed by atoms with E-state index in [1.54, 1.807) is 7.11 Å². The van der Waals surface area contributed by atoms with E-state index in [9.17, 15) is 0 Å². The Bertz CT molecular complexity index is 323. The summed E-state index contributed by atoms with van der Waals surface area (Å²) in [7, 11) is 1.63. The molecule has 3 heteroatoms. The molecule has 0 heterocycles. The number of methoxy groups -OCH3 is 1. The van der Waals surface area contributed by atoms with Crippen molar-refractivity contribution in [3.63, 3.8) is 0 Å². The zero-order valence-corrected chi connectivity index (χ0v) is 9.03. The third kappa shape index (κ3) is 3.29. The molecule has 0 spiro atoms. The maximum Gasteiger partial charge on any atom is 0.161 e. The predicted octanol–water partition coefficient (Wildman–Crippen LogP) is 1.76. The number of rotatable bonds is 6. The van der Waals surface area contributed by atoms with Crippen LogP contribution in [-0.4, -0.2) is 20.3 Å². The number of hydrogen-bond acceptors (Lipinski definition) is 3. The van der Waals surface area contributed by atoms with Crippen molar-refractivity contribution in [2.75, 3.05) is 20.3 Å². The van der Waals surface area contributed by atoms with Gasteiger partial charge < -0.3 is 15.2 Å². The average Bonchev–Trinajstić information content (AvgIpc) is 2.27. The summed E-state index contributed by atoms with van der Waals surface area (Å²) < 4.78 is 10.7. The predicted molar refractivity (Wildman–Crippen MR) is 61.4 cm³/mol. The van der Waals surface area contributed by atoms with E-state index >= 15 is 0 Å². The molecule has 0 amide bonds. The van der Waals surface area contributed by atoms with Gasteiger partial charge in [0.25, 0.3) is 0 Å². The average molecular weight is 207 g/mol. The van der Waals surface area contributed by atoms with Crippen molar-refractivity contribution in [2.45, 2.75) is 6.42 Å². The molecule has 0 saturated heterocycles.